The lowest BCUT2D eigenvalue weighted by molar-refractivity contribution is 0.104. The highest BCUT2D eigenvalue weighted by Gasteiger charge is 2.02. The third-order valence-corrected chi connectivity index (χ3v) is 2.42. The van der Waals surface area contributed by atoms with Gasteiger partial charge in [0, 0.05) is 16.8 Å². The Morgan fingerprint density at radius 2 is 2.00 bits per heavy atom. The molecule has 1 aromatic heterocycles. The van der Waals surface area contributed by atoms with E-state index in [1.54, 1.807) is 54.7 Å². The summed E-state index contributed by atoms with van der Waals surface area (Å²) < 4.78 is 0. The van der Waals surface area contributed by atoms with Crippen molar-refractivity contribution in [3.8, 4) is 0 Å². The fourth-order valence-corrected chi connectivity index (χ4v) is 1.53. The molecule has 5 nitrogen and oxygen atoms in total. The van der Waals surface area contributed by atoms with Gasteiger partial charge in [-0.05, 0) is 29.3 Å². The van der Waals surface area contributed by atoms with Gasteiger partial charge in [0.25, 0.3) is 0 Å². The predicted molar refractivity (Wildman–Crippen MR) is 72.8 cm³/mol. The van der Waals surface area contributed by atoms with Crippen molar-refractivity contribution in [2.75, 3.05) is 0 Å². The molecule has 2 rings (SSSR count). The third-order valence-electron chi connectivity index (χ3n) is 2.42. The molecule has 0 saturated carbocycles. The van der Waals surface area contributed by atoms with Crippen LogP contribution in [0.25, 0.3) is 16.5 Å². The van der Waals surface area contributed by atoms with Gasteiger partial charge in [-0.15, -0.1) is 0 Å². The zero-order valence-corrected chi connectivity index (χ0v) is 9.97. The number of benzene rings is 1. The van der Waals surface area contributed by atoms with Gasteiger partial charge in [-0.2, -0.15) is 0 Å². The van der Waals surface area contributed by atoms with Crippen LogP contribution in [0.3, 0.4) is 0 Å². The maximum absolute atomic E-state index is 11.8. The molecule has 92 valence electrons. The number of hydrogen-bond acceptors (Lipinski definition) is 3. The van der Waals surface area contributed by atoms with Crippen molar-refractivity contribution >= 4 is 17.5 Å². The summed E-state index contributed by atoms with van der Waals surface area (Å²) >= 11 is 0. The Morgan fingerprint density at radius 1 is 1.21 bits per heavy atom. The fourth-order valence-electron chi connectivity index (χ4n) is 1.53. The molecule has 0 amide bonds. The van der Waals surface area contributed by atoms with Crippen molar-refractivity contribution in [1.82, 2.24) is 4.98 Å². The molecule has 0 aliphatic rings. The molecular weight excluding hydrogens is 240 g/mol. The summed E-state index contributed by atoms with van der Waals surface area (Å²) in [6.45, 7) is 0. The van der Waals surface area contributed by atoms with Gasteiger partial charge < -0.3 is 0 Å². The smallest absolute Gasteiger partial charge is 0.204 e. The highest BCUT2D eigenvalue weighted by Crippen LogP contribution is 2.20. The second-order valence-corrected chi connectivity index (χ2v) is 3.66. The van der Waals surface area contributed by atoms with Crippen molar-refractivity contribution in [2.24, 2.45) is 5.11 Å². The molecule has 0 N–H and O–H groups in total. The number of nitrogens with zero attached hydrogens (tertiary/aromatic N) is 4. The Hall–Kier alpha value is -2.91. The van der Waals surface area contributed by atoms with Gasteiger partial charge in [-0.3, -0.25) is 9.78 Å². The second kappa shape index (κ2) is 6.14. The first kappa shape index (κ1) is 12.5. The minimum absolute atomic E-state index is 0.198. The molecule has 1 aromatic carbocycles. The number of rotatable bonds is 4. The van der Waals surface area contributed by atoms with E-state index in [2.05, 4.69) is 15.0 Å². The van der Waals surface area contributed by atoms with Crippen LogP contribution in [0.15, 0.2) is 59.9 Å². The first-order chi connectivity index (χ1) is 9.31. The summed E-state index contributed by atoms with van der Waals surface area (Å²) in [5.41, 5.74) is 10.00. The Labute approximate surface area is 109 Å². The quantitative estimate of drug-likeness (QED) is 0.271. The van der Waals surface area contributed by atoms with Crippen LogP contribution < -0.4 is 0 Å². The molecule has 0 spiro atoms. The number of carbonyl (C=O) groups is 1. The minimum atomic E-state index is -0.198. The fraction of sp³-hybridized carbons (Fsp3) is 0. The van der Waals surface area contributed by atoms with Crippen LogP contribution in [0.2, 0.25) is 0 Å². The van der Waals surface area contributed by atoms with Crippen LogP contribution in [-0.2, 0) is 0 Å². The van der Waals surface area contributed by atoms with E-state index in [4.69, 9.17) is 5.53 Å². The molecule has 5 heteroatoms. The molecule has 0 atom stereocenters. The van der Waals surface area contributed by atoms with E-state index in [9.17, 15) is 4.79 Å². The molecule has 0 fully saturated rings. The third kappa shape index (κ3) is 3.28. The predicted octanol–water partition coefficient (Wildman–Crippen LogP) is 3.92. The largest absolute Gasteiger partial charge is 0.288 e. The van der Waals surface area contributed by atoms with Gasteiger partial charge >= 0.3 is 0 Å². The molecule has 0 radical (unpaired) electrons. The number of pyridine rings is 1. The Balaban J connectivity index is 2.24. The van der Waals surface area contributed by atoms with Crippen LogP contribution in [0.4, 0.5) is 5.69 Å². The SMILES string of the molecule is [N-]=[N+]=Nc1ccccc1/C=C/C(=O)c1ccccn1. The standard InChI is InChI=1S/C14H10N4O/c15-18-17-12-6-2-1-5-11(12)8-9-14(19)13-7-3-4-10-16-13/h1-10H/b9-8+. The number of aromatic nitrogens is 1. The van der Waals surface area contributed by atoms with Crippen molar-refractivity contribution in [2.45, 2.75) is 0 Å². The number of carbonyl (C=O) groups excluding carboxylic acids is 1. The number of ketones is 1. The number of hydrogen-bond donors (Lipinski definition) is 0. The lowest BCUT2D eigenvalue weighted by Crippen LogP contribution is -1.96. The topological polar surface area (TPSA) is 78.7 Å². The maximum Gasteiger partial charge on any atom is 0.204 e. The van der Waals surface area contributed by atoms with E-state index in [0.717, 1.165) is 0 Å². The molecule has 1 heterocycles. The van der Waals surface area contributed by atoms with E-state index in [1.165, 1.54) is 6.08 Å². The zero-order valence-electron chi connectivity index (χ0n) is 9.97. The normalized spacial score (nSPS) is 10.1. The maximum atomic E-state index is 11.8. The summed E-state index contributed by atoms with van der Waals surface area (Å²) in [6, 6.07) is 12.2. The summed E-state index contributed by atoms with van der Waals surface area (Å²) in [5, 5.41) is 3.56. The van der Waals surface area contributed by atoms with E-state index in [1.807, 2.05) is 0 Å². The zero-order chi connectivity index (χ0) is 13.5. The first-order valence-electron chi connectivity index (χ1n) is 5.59. The monoisotopic (exact) mass is 250 g/mol. The van der Waals surface area contributed by atoms with E-state index in [0.29, 0.717) is 16.9 Å². The average Bonchev–Trinajstić information content (AvgIpc) is 2.47. The molecule has 0 aliphatic carbocycles. The molecule has 2 aromatic rings. The van der Waals surface area contributed by atoms with Crippen LogP contribution in [0.5, 0.6) is 0 Å². The highest BCUT2D eigenvalue weighted by molar-refractivity contribution is 6.05. The van der Waals surface area contributed by atoms with Crippen molar-refractivity contribution in [3.05, 3.63) is 76.4 Å². The van der Waals surface area contributed by atoms with Crippen LogP contribution in [0, 0.1) is 0 Å². The van der Waals surface area contributed by atoms with Gasteiger partial charge in [0.15, 0.2) is 0 Å². The van der Waals surface area contributed by atoms with E-state index >= 15 is 0 Å². The molecular formula is C14H10N4O. The molecule has 0 aliphatic heterocycles. The Morgan fingerprint density at radius 3 is 2.74 bits per heavy atom. The molecule has 19 heavy (non-hydrogen) atoms. The Kier molecular flexibility index (Phi) is 4.05. The summed E-state index contributed by atoms with van der Waals surface area (Å²) in [7, 11) is 0. The number of allylic oxidation sites excluding steroid dienone is 1. The van der Waals surface area contributed by atoms with Crippen LogP contribution in [-0.4, -0.2) is 10.8 Å². The summed E-state index contributed by atoms with van der Waals surface area (Å²) in [6.07, 6.45) is 4.59. The number of azide groups is 1. The molecule has 0 bridgehead atoms. The Bertz CT molecular complexity index is 658. The lowest BCUT2D eigenvalue weighted by atomic mass is 10.1. The second-order valence-electron chi connectivity index (χ2n) is 3.66. The van der Waals surface area contributed by atoms with E-state index in [-0.39, 0.29) is 5.78 Å². The van der Waals surface area contributed by atoms with Crippen LogP contribution in [0.1, 0.15) is 16.1 Å². The highest BCUT2D eigenvalue weighted by atomic mass is 16.1. The molecule has 0 saturated heterocycles. The average molecular weight is 250 g/mol. The molecule has 0 unspecified atom stereocenters. The van der Waals surface area contributed by atoms with E-state index < -0.39 is 0 Å². The minimum Gasteiger partial charge on any atom is -0.288 e. The van der Waals surface area contributed by atoms with Crippen LogP contribution >= 0.6 is 0 Å². The van der Waals surface area contributed by atoms with Gasteiger partial charge in [0.05, 0.1) is 0 Å². The van der Waals surface area contributed by atoms with Gasteiger partial charge in [0.2, 0.25) is 5.78 Å². The summed E-state index contributed by atoms with van der Waals surface area (Å²) in [5.74, 6) is -0.198. The van der Waals surface area contributed by atoms with Gasteiger partial charge in [0.1, 0.15) is 5.69 Å². The first-order valence-corrected chi connectivity index (χ1v) is 5.59. The summed E-state index contributed by atoms with van der Waals surface area (Å²) in [4.78, 5) is 18.5. The lowest BCUT2D eigenvalue weighted by Gasteiger charge is -1.98. The van der Waals surface area contributed by atoms with Gasteiger partial charge in [-0.25, -0.2) is 0 Å². The van der Waals surface area contributed by atoms with Crippen molar-refractivity contribution < 1.29 is 4.79 Å². The van der Waals surface area contributed by atoms with Crippen molar-refractivity contribution in [3.63, 3.8) is 0 Å². The van der Waals surface area contributed by atoms with Crippen molar-refractivity contribution in [1.29, 1.82) is 0 Å². The van der Waals surface area contributed by atoms with Gasteiger partial charge in [-0.1, -0.05) is 41.5 Å².